The minimum Gasteiger partial charge on any atom is -0.489 e. The molecular formula is C20H16F3N3OS. The van der Waals surface area contributed by atoms with E-state index in [4.69, 9.17) is 10.00 Å². The summed E-state index contributed by atoms with van der Waals surface area (Å²) in [5.41, 5.74) is -0.313. The van der Waals surface area contributed by atoms with E-state index >= 15 is 0 Å². The molecule has 1 aromatic heterocycles. The molecule has 1 heterocycles. The summed E-state index contributed by atoms with van der Waals surface area (Å²) >= 11 is -0.157. The van der Waals surface area contributed by atoms with Gasteiger partial charge in [0.2, 0.25) is 0 Å². The van der Waals surface area contributed by atoms with E-state index in [1.54, 1.807) is 16.8 Å². The zero-order valence-electron chi connectivity index (χ0n) is 15.1. The van der Waals surface area contributed by atoms with Crippen molar-refractivity contribution in [2.45, 2.75) is 30.9 Å². The Bertz CT molecular complexity index is 1000. The maximum Gasteiger partial charge on any atom is 0.446 e. The predicted octanol–water partition coefficient (Wildman–Crippen LogP) is 5.55. The molecule has 0 bridgehead atoms. The Morgan fingerprint density at radius 1 is 1.07 bits per heavy atom. The van der Waals surface area contributed by atoms with Crippen molar-refractivity contribution in [2.75, 3.05) is 0 Å². The van der Waals surface area contributed by atoms with E-state index in [0.717, 1.165) is 22.6 Å². The number of hydrogen-bond donors (Lipinski definition) is 0. The summed E-state index contributed by atoms with van der Waals surface area (Å²) in [6, 6.07) is 15.0. The maximum atomic E-state index is 12.4. The molecule has 0 saturated heterocycles. The van der Waals surface area contributed by atoms with Gasteiger partial charge in [0.25, 0.3) is 0 Å². The third-order valence-corrected chi connectivity index (χ3v) is 4.86. The smallest absolute Gasteiger partial charge is 0.446 e. The highest BCUT2D eigenvalue weighted by atomic mass is 32.2. The van der Waals surface area contributed by atoms with Crippen molar-refractivity contribution in [1.29, 1.82) is 5.26 Å². The van der Waals surface area contributed by atoms with Crippen LogP contribution in [-0.2, 0) is 6.61 Å². The molecule has 0 saturated carbocycles. The number of aromatic nitrogens is 2. The molecule has 0 aliphatic heterocycles. The Kier molecular flexibility index (Phi) is 5.66. The lowest BCUT2D eigenvalue weighted by Gasteiger charge is -2.09. The molecule has 28 heavy (non-hydrogen) atoms. The van der Waals surface area contributed by atoms with Crippen LogP contribution >= 0.6 is 11.8 Å². The van der Waals surface area contributed by atoms with Crippen molar-refractivity contribution in [3.05, 3.63) is 71.0 Å². The van der Waals surface area contributed by atoms with Gasteiger partial charge in [0.05, 0.1) is 23.0 Å². The molecule has 4 nitrogen and oxygen atoms in total. The van der Waals surface area contributed by atoms with E-state index < -0.39 is 5.51 Å². The number of ether oxygens (including phenoxy) is 1. The van der Waals surface area contributed by atoms with Crippen molar-refractivity contribution in [2.24, 2.45) is 0 Å². The summed E-state index contributed by atoms with van der Waals surface area (Å²) in [5.74, 6) is 0.483. The van der Waals surface area contributed by atoms with Gasteiger partial charge in [-0.05, 0) is 74.1 Å². The number of alkyl halides is 3. The van der Waals surface area contributed by atoms with Gasteiger partial charge in [0, 0.05) is 16.2 Å². The van der Waals surface area contributed by atoms with Crippen LogP contribution < -0.4 is 4.74 Å². The molecule has 8 heteroatoms. The fraction of sp³-hybridized carbons (Fsp3) is 0.200. The minimum absolute atomic E-state index is 0.112. The molecule has 0 atom stereocenters. The van der Waals surface area contributed by atoms with Gasteiger partial charge in [-0.3, -0.25) is 0 Å². The summed E-state index contributed by atoms with van der Waals surface area (Å²) in [5, 5.41) is 13.4. The molecule has 0 amide bonds. The largest absolute Gasteiger partial charge is 0.489 e. The van der Waals surface area contributed by atoms with Crippen LogP contribution in [0, 0.1) is 25.2 Å². The Morgan fingerprint density at radius 3 is 2.29 bits per heavy atom. The standard InChI is InChI=1S/C20H16F3N3OS/c1-13-19(12-27-17-7-9-18(10-8-17)28-20(21,22)23)14(2)26(25-13)16-5-3-15(11-24)4-6-16/h3-10H,12H2,1-2H3. The van der Waals surface area contributed by atoms with Gasteiger partial charge >= 0.3 is 5.51 Å². The molecule has 0 unspecified atom stereocenters. The molecular weight excluding hydrogens is 387 g/mol. The van der Waals surface area contributed by atoms with E-state index in [2.05, 4.69) is 11.2 Å². The van der Waals surface area contributed by atoms with Crippen molar-refractivity contribution < 1.29 is 17.9 Å². The van der Waals surface area contributed by atoms with E-state index in [-0.39, 0.29) is 23.3 Å². The summed E-state index contributed by atoms with van der Waals surface area (Å²) in [7, 11) is 0. The Hall–Kier alpha value is -2.92. The minimum atomic E-state index is -4.31. The third kappa shape index (κ3) is 4.67. The molecule has 0 aliphatic rings. The molecule has 0 N–H and O–H groups in total. The molecule has 3 rings (SSSR count). The highest BCUT2D eigenvalue weighted by Crippen LogP contribution is 2.37. The zero-order valence-corrected chi connectivity index (χ0v) is 15.9. The van der Waals surface area contributed by atoms with Crippen LogP contribution in [0.5, 0.6) is 5.75 Å². The molecule has 144 valence electrons. The number of rotatable bonds is 5. The lowest BCUT2D eigenvalue weighted by Crippen LogP contribution is -2.01. The topological polar surface area (TPSA) is 50.8 Å². The number of nitrogens with zero attached hydrogens (tertiary/aromatic N) is 3. The molecule has 2 aromatic carbocycles. The molecule has 0 aliphatic carbocycles. The SMILES string of the molecule is Cc1nn(-c2ccc(C#N)cc2)c(C)c1COc1ccc(SC(F)(F)F)cc1. The van der Waals surface area contributed by atoms with Gasteiger partial charge in [-0.15, -0.1) is 0 Å². The molecule has 0 radical (unpaired) electrons. The second-order valence-corrected chi connectivity index (χ2v) is 7.17. The summed E-state index contributed by atoms with van der Waals surface area (Å²) < 4.78 is 44.7. The second-order valence-electron chi connectivity index (χ2n) is 6.03. The van der Waals surface area contributed by atoms with Crippen LogP contribution in [-0.4, -0.2) is 15.3 Å². The Balaban J connectivity index is 1.73. The number of nitriles is 1. The average molecular weight is 403 g/mol. The summed E-state index contributed by atoms with van der Waals surface area (Å²) in [4.78, 5) is 0.112. The van der Waals surface area contributed by atoms with Gasteiger partial charge in [-0.2, -0.15) is 23.5 Å². The lowest BCUT2D eigenvalue weighted by molar-refractivity contribution is -0.0328. The number of halogens is 3. The van der Waals surface area contributed by atoms with Gasteiger partial charge in [0.15, 0.2) is 0 Å². The fourth-order valence-corrected chi connectivity index (χ4v) is 3.24. The summed E-state index contributed by atoms with van der Waals surface area (Å²) in [6.45, 7) is 4.04. The summed E-state index contributed by atoms with van der Waals surface area (Å²) in [6.07, 6.45) is 0. The number of hydrogen-bond acceptors (Lipinski definition) is 4. The van der Waals surface area contributed by atoms with Gasteiger partial charge in [0.1, 0.15) is 12.4 Å². The number of thioether (sulfide) groups is 1. The highest BCUT2D eigenvalue weighted by Gasteiger charge is 2.29. The van der Waals surface area contributed by atoms with E-state index in [0.29, 0.717) is 11.3 Å². The zero-order chi connectivity index (χ0) is 20.3. The van der Waals surface area contributed by atoms with E-state index in [1.165, 1.54) is 24.3 Å². The van der Waals surface area contributed by atoms with E-state index in [1.807, 2.05) is 26.0 Å². The van der Waals surface area contributed by atoms with E-state index in [9.17, 15) is 13.2 Å². The molecule has 0 fully saturated rings. The highest BCUT2D eigenvalue weighted by molar-refractivity contribution is 8.00. The second kappa shape index (κ2) is 7.98. The van der Waals surface area contributed by atoms with Crippen LogP contribution in [0.15, 0.2) is 53.4 Å². The van der Waals surface area contributed by atoms with Gasteiger partial charge in [-0.25, -0.2) is 4.68 Å². The maximum absolute atomic E-state index is 12.4. The lowest BCUT2D eigenvalue weighted by atomic mass is 10.2. The first kappa shape index (κ1) is 19.8. The van der Waals surface area contributed by atoms with Crippen molar-refractivity contribution >= 4 is 11.8 Å². The van der Waals surface area contributed by atoms with Crippen molar-refractivity contribution in [1.82, 2.24) is 9.78 Å². The van der Waals surface area contributed by atoms with Crippen LogP contribution in [0.1, 0.15) is 22.5 Å². The average Bonchev–Trinajstić information content (AvgIpc) is 2.94. The van der Waals surface area contributed by atoms with Crippen molar-refractivity contribution in [3.8, 4) is 17.5 Å². The van der Waals surface area contributed by atoms with Crippen molar-refractivity contribution in [3.63, 3.8) is 0 Å². The quantitative estimate of drug-likeness (QED) is 0.524. The van der Waals surface area contributed by atoms with Gasteiger partial charge < -0.3 is 4.74 Å². The van der Waals surface area contributed by atoms with Crippen LogP contribution in [0.25, 0.3) is 5.69 Å². The Labute approximate surface area is 164 Å². The van der Waals surface area contributed by atoms with Crippen LogP contribution in [0.2, 0.25) is 0 Å². The first-order valence-electron chi connectivity index (χ1n) is 8.31. The molecule has 3 aromatic rings. The van der Waals surface area contributed by atoms with Gasteiger partial charge in [-0.1, -0.05) is 0 Å². The predicted molar refractivity (Wildman–Crippen MR) is 100 cm³/mol. The van der Waals surface area contributed by atoms with Crippen LogP contribution in [0.4, 0.5) is 13.2 Å². The normalized spacial score (nSPS) is 11.3. The number of aryl methyl sites for hydroxylation is 1. The molecule has 0 spiro atoms. The first-order valence-corrected chi connectivity index (χ1v) is 9.13. The number of benzene rings is 2. The van der Waals surface area contributed by atoms with Crippen LogP contribution in [0.3, 0.4) is 0 Å². The third-order valence-electron chi connectivity index (χ3n) is 4.12. The fourth-order valence-electron chi connectivity index (χ4n) is 2.71. The first-order chi connectivity index (χ1) is 13.3. The Morgan fingerprint density at radius 2 is 1.71 bits per heavy atom. The monoisotopic (exact) mass is 403 g/mol.